The standard InChI is InChI=1S/C21H17N3O3S/c1-13-17(18-20(27-13)22-12-24(2)21(18)26)19(25)23-15-10-6-7-11-16(15)28-14-8-4-3-5-9-14/h3-12H,1-2H3,(H,23,25). The van der Waals surface area contributed by atoms with Crippen molar-refractivity contribution in [2.75, 3.05) is 5.32 Å². The molecule has 28 heavy (non-hydrogen) atoms. The van der Waals surface area contributed by atoms with Crippen molar-refractivity contribution in [2.45, 2.75) is 16.7 Å². The molecule has 4 rings (SSSR count). The maximum atomic E-state index is 13.0. The molecule has 0 atom stereocenters. The molecule has 4 aromatic rings. The Balaban J connectivity index is 1.71. The van der Waals surface area contributed by atoms with Gasteiger partial charge >= 0.3 is 0 Å². The summed E-state index contributed by atoms with van der Waals surface area (Å²) in [6, 6.07) is 17.4. The molecular weight excluding hydrogens is 374 g/mol. The first-order valence-corrected chi connectivity index (χ1v) is 9.44. The van der Waals surface area contributed by atoms with Crippen LogP contribution in [0.25, 0.3) is 11.1 Å². The van der Waals surface area contributed by atoms with E-state index in [1.54, 1.807) is 25.7 Å². The van der Waals surface area contributed by atoms with Gasteiger partial charge in [-0.1, -0.05) is 42.1 Å². The number of aromatic nitrogens is 2. The number of benzene rings is 2. The topological polar surface area (TPSA) is 77.1 Å². The summed E-state index contributed by atoms with van der Waals surface area (Å²) in [6.45, 7) is 1.65. The average molecular weight is 391 g/mol. The second-order valence-corrected chi connectivity index (χ2v) is 7.35. The van der Waals surface area contributed by atoms with Crippen LogP contribution in [0.3, 0.4) is 0 Å². The molecule has 0 unspecified atom stereocenters. The third-order valence-corrected chi connectivity index (χ3v) is 5.37. The lowest BCUT2D eigenvalue weighted by Crippen LogP contribution is -2.20. The lowest BCUT2D eigenvalue weighted by Gasteiger charge is -2.10. The molecule has 0 aliphatic heterocycles. The number of fused-ring (bicyclic) bond motifs is 1. The zero-order valence-electron chi connectivity index (χ0n) is 15.3. The summed E-state index contributed by atoms with van der Waals surface area (Å²) in [5, 5.41) is 3.11. The highest BCUT2D eigenvalue weighted by Gasteiger charge is 2.23. The number of amides is 1. The number of furan rings is 1. The van der Waals surface area contributed by atoms with Crippen LogP contribution in [0.1, 0.15) is 16.1 Å². The molecule has 2 aromatic heterocycles. The van der Waals surface area contributed by atoms with E-state index < -0.39 is 5.91 Å². The van der Waals surface area contributed by atoms with Gasteiger partial charge in [-0.3, -0.25) is 9.59 Å². The van der Waals surface area contributed by atoms with Crippen molar-refractivity contribution in [3.63, 3.8) is 0 Å². The number of aryl methyl sites for hydroxylation is 2. The van der Waals surface area contributed by atoms with Crippen molar-refractivity contribution in [3.8, 4) is 0 Å². The van der Waals surface area contributed by atoms with Crippen molar-refractivity contribution in [3.05, 3.63) is 82.6 Å². The Labute approximate surface area is 165 Å². The molecule has 0 aliphatic rings. The van der Waals surface area contributed by atoms with Crippen molar-refractivity contribution in [1.29, 1.82) is 0 Å². The van der Waals surface area contributed by atoms with E-state index in [-0.39, 0.29) is 22.2 Å². The minimum Gasteiger partial charge on any atom is -0.442 e. The average Bonchev–Trinajstić information content (AvgIpc) is 3.04. The Morgan fingerprint density at radius 3 is 2.61 bits per heavy atom. The monoisotopic (exact) mass is 391 g/mol. The minimum atomic E-state index is -0.400. The minimum absolute atomic E-state index is 0.165. The van der Waals surface area contributed by atoms with Crippen LogP contribution in [-0.2, 0) is 7.05 Å². The van der Waals surface area contributed by atoms with Crippen LogP contribution >= 0.6 is 11.8 Å². The SMILES string of the molecule is Cc1oc2ncn(C)c(=O)c2c1C(=O)Nc1ccccc1Sc1ccccc1. The molecule has 2 heterocycles. The van der Waals surface area contributed by atoms with Gasteiger partial charge in [-0.2, -0.15) is 0 Å². The highest BCUT2D eigenvalue weighted by atomic mass is 32.2. The Morgan fingerprint density at radius 2 is 1.82 bits per heavy atom. The van der Waals surface area contributed by atoms with Gasteiger partial charge in [-0.05, 0) is 31.2 Å². The number of nitrogens with zero attached hydrogens (tertiary/aromatic N) is 2. The molecule has 6 nitrogen and oxygen atoms in total. The second kappa shape index (κ2) is 7.36. The Bertz CT molecular complexity index is 1230. The molecule has 140 valence electrons. The van der Waals surface area contributed by atoms with Gasteiger partial charge in [-0.25, -0.2) is 4.98 Å². The van der Waals surface area contributed by atoms with Crippen molar-refractivity contribution in [2.24, 2.45) is 7.05 Å². The summed E-state index contributed by atoms with van der Waals surface area (Å²) in [5.74, 6) is -0.0426. The van der Waals surface area contributed by atoms with E-state index >= 15 is 0 Å². The predicted octanol–water partition coefficient (Wildman–Crippen LogP) is 4.24. The zero-order chi connectivity index (χ0) is 19.7. The van der Waals surface area contributed by atoms with Gasteiger partial charge in [0.15, 0.2) is 0 Å². The van der Waals surface area contributed by atoms with Gasteiger partial charge in [0.2, 0.25) is 5.71 Å². The predicted molar refractivity (Wildman–Crippen MR) is 109 cm³/mol. The van der Waals surface area contributed by atoms with E-state index in [9.17, 15) is 9.59 Å². The van der Waals surface area contributed by atoms with Crippen LogP contribution in [0.5, 0.6) is 0 Å². The van der Waals surface area contributed by atoms with E-state index in [2.05, 4.69) is 10.3 Å². The van der Waals surface area contributed by atoms with Crippen LogP contribution < -0.4 is 10.9 Å². The number of carbonyl (C=O) groups excluding carboxylic acids is 1. The molecule has 2 aromatic carbocycles. The summed E-state index contributed by atoms with van der Waals surface area (Å²) >= 11 is 1.55. The lowest BCUT2D eigenvalue weighted by atomic mass is 10.1. The van der Waals surface area contributed by atoms with Gasteiger partial charge in [-0.15, -0.1) is 0 Å². The fraction of sp³-hybridized carbons (Fsp3) is 0.0952. The maximum Gasteiger partial charge on any atom is 0.265 e. The van der Waals surface area contributed by atoms with E-state index in [0.29, 0.717) is 11.4 Å². The molecule has 0 aliphatic carbocycles. The van der Waals surface area contributed by atoms with E-state index in [1.165, 1.54) is 10.9 Å². The second-order valence-electron chi connectivity index (χ2n) is 6.24. The smallest absolute Gasteiger partial charge is 0.265 e. The molecule has 1 amide bonds. The first-order valence-electron chi connectivity index (χ1n) is 8.62. The summed E-state index contributed by atoms with van der Waals surface area (Å²) in [4.78, 5) is 31.6. The number of nitrogens with one attached hydrogen (secondary N) is 1. The number of hydrogen-bond acceptors (Lipinski definition) is 5. The molecule has 0 saturated heterocycles. The highest BCUT2D eigenvalue weighted by Crippen LogP contribution is 2.33. The molecule has 0 spiro atoms. The van der Waals surface area contributed by atoms with Crippen LogP contribution in [0.2, 0.25) is 0 Å². The Hall–Kier alpha value is -3.32. The first kappa shape index (κ1) is 18.1. The third-order valence-electron chi connectivity index (χ3n) is 4.28. The largest absolute Gasteiger partial charge is 0.442 e. The number of para-hydroxylation sites is 1. The Kier molecular flexibility index (Phi) is 4.75. The Morgan fingerprint density at radius 1 is 1.11 bits per heavy atom. The van der Waals surface area contributed by atoms with Gasteiger partial charge in [0.05, 0.1) is 11.3 Å². The number of anilines is 1. The molecule has 0 radical (unpaired) electrons. The number of rotatable bonds is 4. The molecule has 0 bridgehead atoms. The van der Waals surface area contributed by atoms with Crippen LogP contribution in [0.4, 0.5) is 5.69 Å². The normalized spacial score (nSPS) is 10.9. The summed E-state index contributed by atoms with van der Waals surface area (Å²) in [5.41, 5.74) is 0.718. The van der Waals surface area contributed by atoms with Gasteiger partial charge in [0.1, 0.15) is 17.5 Å². The molecule has 0 saturated carbocycles. The van der Waals surface area contributed by atoms with E-state index in [4.69, 9.17) is 4.42 Å². The third kappa shape index (κ3) is 3.32. The van der Waals surface area contributed by atoms with Gasteiger partial charge in [0, 0.05) is 16.8 Å². The highest BCUT2D eigenvalue weighted by molar-refractivity contribution is 7.99. The molecule has 1 N–H and O–H groups in total. The van der Waals surface area contributed by atoms with Crippen LogP contribution in [0, 0.1) is 6.92 Å². The fourth-order valence-corrected chi connectivity index (χ4v) is 3.84. The maximum absolute atomic E-state index is 13.0. The van der Waals surface area contributed by atoms with Crippen LogP contribution in [0.15, 0.2) is 79.9 Å². The lowest BCUT2D eigenvalue weighted by molar-refractivity contribution is 0.102. The quantitative estimate of drug-likeness (QED) is 0.563. The van der Waals surface area contributed by atoms with E-state index in [1.807, 2.05) is 54.6 Å². The summed E-state index contributed by atoms with van der Waals surface area (Å²) < 4.78 is 6.86. The number of hydrogen-bond donors (Lipinski definition) is 1. The summed E-state index contributed by atoms with van der Waals surface area (Å²) in [6.07, 6.45) is 1.38. The van der Waals surface area contributed by atoms with Gasteiger partial charge < -0.3 is 14.3 Å². The van der Waals surface area contributed by atoms with Crippen molar-refractivity contribution < 1.29 is 9.21 Å². The number of carbonyl (C=O) groups is 1. The summed E-state index contributed by atoms with van der Waals surface area (Å²) in [7, 11) is 1.59. The fourth-order valence-electron chi connectivity index (χ4n) is 2.92. The van der Waals surface area contributed by atoms with Crippen molar-refractivity contribution >= 4 is 34.5 Å². The first-order chi connectivity index (χ1) is 13.5. The van der Waals surface area contributed by atoms with E-state index in [0.717, 1.165) is 9.79 Å². The van der Waals surface area contributed by atoms with Crippen LogP contribution in [-0.4, -0.2) is 15.5 Å². The molecule has 7 heteroatoms. The van der Waals surface area contributed by atoms with Gasteiger partial charge in [0.25, 0.3) is 11.5 Å². The van der Waals surface area contributed by atoms with Crippen molar-refractivity contribution in [1.82, 2.24) is 9.55 Å². The zero-order valence-corrected chi connectivity index (χ0v) is 16.1. The molecular formula is C21H17N3O3S. The molecule has 0 fully saturated rings.